The lowest BCUT2D eigenvalue weighted by molar-refractivity contribution is -0.839. The Morgan fingerprint density at radius 2 is 1.67 bits per heavy atom. The summed E-state index contributed by atoms with van der Waals surface area (Å²) in [7, 11) is 3.27. The van der Waals surface area contributed by atoms with E-state index in [4.69, 9.17) is 11.6 Å². The predicted molar refractivity (Wildman–Crippen MR) is 165 cm³/mol. The SMILES string of the molecule is CNC(=O)[C@@H]1C[C@H](N(C(=O)C(C)(C)C)c2ccc(F)cc2F)C[N+]1(C)C(=O)[C@]1(c2ccc(Cl)cc2)CCN(C(C)(C)C)C1. The molecule has 0 saturated carbocycles. The number of rotatable bonds is 5. The van der Waals surface area contributed by atoms with Crippen LogP contribution in [0, 0.1) is 17.0 Å². The van der Waals surface area contributed by atoms with Crippen molar-refractivity contribution < 1.29 is 27.6 Å². The zero-order valence-corrected chi connectivity index (χ0v) is 27.2. The lowest BCUT2D eigenvalue weighted by Crippen LogP contribution is -2.65. The molecule has 0 spiro atoms. The number of halogens is 3. The molecule has 2 aromatic rings. The number of quaternary nitrogens is 1. The number of hydrogen-bond acceptors (Lipinski definition) is 4. The number of nitrogens with one attached hydrogen (secondary N) is 1. The Balaban J connectivity index is 1.86. The summed E-state index contributed by atoms with van der Waals surface area (Å²) < 4.78 is 28.9. The summed E-state index contributed by atoms with van der Waals surface area (Å²) in [6.45, 7) is 12.7. The molecule has 1 unspecified atom stereocenters. The van der Waals surface area contributed by atoms with E-state index in [-0.39, 0.29) is 46.4 Å². The van der Waals surface area contributed by atoms with Gasteiger partial charge in [-0.2, -0.15) is 0 Å². The highest BCUT2D eigenvalue weighted by Gasteiger charge is 2.63. The number of carbonyl (C=O) groups is 3. The van der Waals surface area contributed by atoms with Gasteiger partial charge in [-0.3, -0.25) is 19.0 Å². The summed E-state index contributed by atoms with van der Waals surface area (Å²) in [4.78, 5) is 46.2. The molecule has 10 heteroatoms. The number of benzene rings is 2. The maximum absolute atomic E-state index is 15.3. The Labute approximate surface area is 258 Å². The fourth-order valence-electron chi connectivity index (χ4n) is 6.76. The Morgan fingerprint density at radius 1 is 1.05 bits per heavy atom. The van der Waals surface area contributed by atoms with E-state index in [1.807, 2.05) is 12.1 Å². The van der Waals surface area contributed by atoms with Gasteiger partial charge in [-0.05, 0) is 57.0 Å². The summed E-state index contributed by atoms with van der Waals surface area (Å²) in [6.07, 6.45) is 0.668. The second-order valence-corrected chi connectivity index (χ2v) is 14.7. The molecule has 0 aromatic heterocycles. The van der Waals surface area contributed by atoms with Crippen molar-refractivity contribution in [2.24, 2.45) is 5.41 Å². The first kappa shape index (κ1) is 33.0. The first-order valence-electron chi connectivity index (χ1n) is 14.8. The fraction of sp³-hybridized carbons (Fsp3) is 0.545. The number of likely N-dealkylation sites (N-methyl/N-ethyl adjacent to an activating group) is 2. The third-order valence-corrected chi connectivity index (χ3v) is 9.46. The lowest BCUT2D eigenvalue weighted by Gasteiger charge is -2.41. The Kier molecular flexibility index (Phi) is 8.88. The van der Waals surface area contributed by atoms with Crippen molar-refractivity contribution >= 4 is 35.0 Å². The van der Waals surface area contributed by atoms with Gasteiger partial charge in [-0.15, -0.1) is 0 Å². The average molecular weight is 618 g/mol. The van der Waals surface area contributed by atoms with Gasteiger partial charge >= 0.3 is 5.91 Å². The van der Waals surface area contributed by atoms with Crippen molar-refractivity contribution in [1.29, 1.82) is 0 Å². The zero-order valence-electron chi connectivity index (χ0n) is 26.4. The molecule has 2 aromatic carbocycles. The van der Waals surface area contributed by atoms with Crippen molar-refractivity contribution in [2.45, 2.75) is 77.4 Å². The summed E-state index contributed by atoms with van der Waals surface area (Å²) >= 11 is 6.24. The lowest BCUT2D eigenvalue weighted by atomic mass is 9.77. The second kappa shape index (κ2) is 11.6. The van der Waals surface area contributed by atoms with Crippen molar-refractivity contribution in [3.05, 3.63) is 64.7 Å². The van der Waals surface area contributed by atoms with E-state index >= 15 is 9.18 Å². The molecular formula is C33H44ClF2N4O3+. The third kappa shape index (κ3) is 6.08. The highest BCUT2D eigenvalue weighted by Crippen LogP contribution is 2.44. The maximum Gasteiger partial charge on any atom is 0.326 e. The van der Waals surface area contributed by atoms with E-state index in [1.54, 1.807) is 40.0 Å². The van der Waals surface area contributed by atoms with Crippen molar-refractivity contribution in [1.82, 2.24) is 10.2 Å². The van der Waals surface area contributed by atoms with Crippen molar-refractivity contribution in [3.8, 4) is 0 Å². The number of anilines is 1. The molecule has 0 bridgehead atoms. The minimum Gasteiger partial charge on any atom is -0.354 e. The quantitative estimate of drug-likeness (QED) is 0.463. The molecule has 3 amide bonds. The Morgan fingerprint density at radius 3 is 2.19 bits per heavy atom. The molecule has 4 rings (SSSR count). The van der Waals surface area contributed by atoms with Crippen molar-refractivity contribution in [3.63, 3.8) is 0 Å². The van der Waals surface area contributed by atoms with Crippen LogP contribution >= 0.6 is 11.6 Å². The zero-order chi connectivity index (χ0) is 32.1. The smallest absolute Gasteiger partial charge is 0.326 e. The molecule has 1 N–H and O–H groups in total. The van der Waals surface area contributed by atoms with E-state index in [9.17, 15) is 14.0 Å². The van der Waals surface area contributed by atoms with Gasteiger partial charge < -0.3 is 10.2 Å². The third-order valence-electron chi connectivity index (χ3n) is 9.21. The van der Waals surface area contributed by atoms with Gasteiger partial charge in [0.2, 0.25) is 5.91 Å². The Bertz CT molecular complexity index is 1400. The molecule has 0 radical (unpaired) electrons. The van der Waals surface area contributed by atoms with E-state index in [1.165, 1.54) is 18.0 Å². The van der Waals surface area contributed by atoms with Crippen LogP contribution < -0.4 is 10.2 Å². The van der Waals surface area contributed by atoms with E-state index < -0.39 is 34.5 Å². The van der Waals surface area contributed by atoms with Crippen LogP contribution in [0.15, 0.2) is 42.5 Å². The number of carbonyl (C=O) groups excluding carboxylic acids is 3. The summed E-state index contributed by atoms with van der Waals surface area (Å²) in [5.74, 6) is -2.50. The summed E-state index contributed by atoms with van der Waals surface area (Å²) in [5, 5.41) is 3.27. The van der Waals surface area contributed by atoms with Gasteiger partial charge in [0.1, 0.15) is 23.6 Å². The number of amides is 3. The second-order valence-electron chi connectivity index (χ2n) is 14.2. The molecule has 7 nitrogen and oxygen atoms in total. The van der Waals surface area contributed by atoms with Crippen LogP contribution in [0.25, 0.3) is 0 Å². The maximum atomic E-state index is 15.3. The van der Waals surface area contributed by atoms with Crippen LogP contribution in [-0.4, -0.2) is 78.5 Å². The topological polar surface area (TPSA) is 69.7 Å². The predicted octanol–water partition coefficient (Wildman–Crippen LogP) is 5.30. The average Bonchev–Trinajstić information content (AvgIpc) is 3.53. The normalized spacial score (nSPS) is 26.4. The molecule has 234 valence electrons. The molecule has 0 aliphatic carbocycles. The molecule has 4 atom stereocenters. The van der Waals surface area contributed by atoms with Gasteiger partial charge in [-0.25, -0.2) is 13.6 Å². The van der Waals surface area contributed by atoms with Crippen LogP contribution in [0.1, 0.15) is 59.9 Å². The molecule has 43 heavy (non-hydrogen) atoms. The van der Waals surface area contributed by atoms with Gasteiger partial charge in [0.05, 0.1) is 18.8 Å². The van der Waals surface area contributed by atoms with E-state index in [0.717, 1.165) is 17.7 Å². The number of likely N-dealkylation sites (tertiary alicyclic amines) is 2. The summed E-state index contributed by atoms with van der Waals surface area (Å²) in [6, 6.07) is 8.87. The van der Waals surface area contributed by atoms with Crippen LogP contribution in [0.4, 0.5) is 14.5 Å². The largest absolute Gasteiger partial charge is 0.354 e. The molecule has 2 aliphatic rings. The molecule has 2 aliphatic heterocycles. The molecule has 2 fully saturated rings. The molecule has 2 heterocycles. The van der Waals surface area contributed by atoms with Crippen LogP contribution in [0.3, 0.4) is 0 Å². The van der Waals surface area contributed by atoms with Gasteiger partial charge in [-0.1, -0.05) is 44.5 Å². The first-order chi connectivity index (χ1) is 19.8. The fourth-order valence-corrected chi connectivity index (χ4v) is 6.88. The van der Waals surface area contributed by atoms with Gasteiger partial charge in [0.15, 0.2) is 6.04 Å². The number of hydrogen-bond donors (Lipinski definition) is 1. The van der Waals surface area contributed by atoms with Gasteiger partial charge in [0, 0.05) is 48.6 Å². The highest BCUT2D eigenvalue weighted by atomic mass is 35.5. The van der Waals surface area contributed by atoms with Crippen molar-refractivity contribution in [2.75, 3.05) is 38.6 Å². The summed E-state index contributed by atoms with van der Waals surface area (Å²) in [5.41, 5.74) is -1.32. The minimum atomic E-state index is -0.951. The monoisotopic (exact) mass is 617 g/mol. The van der Waals surface area contributed by atoms with E-state index in [0.29, 0.717) is 24.5 Å². The van der Waals surface area contributed by atoms with Crippen LogP contribution in [-0.2, 0) is 19.8 Å². The molecule has 2 saturated heterocycles. The first-order valence-corrected chi connectivity index (χ1v) is 15.1. The van der Waals surface area contributed by atoms with Gasteiger partial charge in [0.25, 0.3) is 5.91 Å². The number of nitrogens with zero attached hydrogens (tertiary/aromatic N) is 3. The minimum absolute atomic E-state index is 0.0740. The Hall–Kier alpha value is -2.88. The van der Waals surface area contributed by atoms with Crippen LogP contribution in [0.2, 0.25) is 5.02 Å². The van der Waals surface area contributed by atoms with E-state index in [2.05, 4.69) is 31.0 Å². The standard InChI is InChI=1S/C33H43ClF2N4O3/c1-31(2,3)29(42)39(26-14-13-23(35)17-25(26)36)24-18-27(28(41)37-7)40(8,19-24)30(43)33(21-9-11-22(34)12-10-21)15-16-38(20-33)32(4,5)6/h9-14,17,24,27H,15-16,18-20H2,1-8H3/p+1/t24-,27-,33+,40?/m0/s1. The molecular weight excluding hydrogens is 574 g/mol. The highest BCUT2D eigenvalue weighted by molar-refractivity contribution is 6.30. The van der Waals surface area contributed by atoms with Crippen LogP contribution in [0.5, 0.6) is 0 Å².